The summed E-state index contributed by atoms with van der Waals surface area (Å²) in [4.78, 5) is 42.1. The van der Waals surface area contributed by atoms with Gasteiger partial charge in [0.2, 0.25) is 21.8 Å². The van der Waals surface area contributed by atoms with E-state index < -0.39 is 15.7 Å². The van der Waals surface area contributed by atoms with E-state index in [-0.39, 0.29) is 34.9 Å². The van der Waals surface area contributed by atoms with E-state index in [9.17, 15) is 22.8 Å². The van der Waals surface area contributed by atoms with Gasteiger partial charge in [-0.2, -0.15) is 0 Å². The summed E-state index contributed by atoms with van der Waals surface area (Å²) in [5.41, 5.74) is 0.402. The van der Waals surface area contributed by atoms with E-state index in [1.165, 1.54) is 6.07 Å². The number of carbonyl (C=O) groups is 3. The molecule has 1 unspecified atom stereocenters. The Morgan fingerprint density at radius 2 is 1.97 bits per heavy atom. The number of nitrogens with zero attached hydrogens (tertiary/aromatic N) is 2. The third-order valence-corrected chi connectivity index (χ3v) is 8.43. The maximum absolute atomic E-state index is 13.2. The molecule has 9 nitrogen and oxygen atoms in total. The molecule has 0 spiro atoms. The average molecular weight is 477 g/mol. The van der Waals surface area contributed by atoms with Crippen LogP contribution in [0.4, 0.5) is 5.69 Å². The average Bonchev–Trinajstić information content (AvgIpc) is 3.34. The summed E-state index contributed by atoms with van der Waals surface area (Å²) in [5, 5.41) is 7.86. The van der Waals surface area contributed by atoms with Gasteiger partial charge < -0.3 is 10.2 Å². The smallest absolute Gasteiger partial charge is 0.257 e. The third-order valence-electron chi connectivity index (χ3n) is 5.91. The number of carbonyl (C=O) groups excluding carboxylic acids is 3. The number of benzene rings is 1. The highest BCUT2D eigenvalue weighted by atomic mass is 32.2. The summed E-state index contributed by atoms with van der Waals surface area (Å²) in [6, 6.07) is 10.1. The van der Waals surface area contributed by atoms with Gasteiger partial charge in [0.25, 0.3) is 5.91 Å². The zero-order valence-electron chi connectivity index (χ0n) is 17.5. The van der Waals surface area contributed by atoms with Crippen molar-refractivity contribution < 1.29 is 22.8 Å². The molecule has 1 aromatic carbocycles. The highest BCUT2D eigenvalue weighted by molar-refractivity contribution is 7.91. The fraction of sp³-hybridized carbons (Fsp3) is 0.381. The van der Waals surface area contributed by atoms with Crippen molar-refractivity contribution in [2.45, 2.75) is 49.0 Å². The molecule has 1 fully saturated rings. The summed E-state index contributed by atoms with van der Waals surface area (Å²) in [6.45, 7) is 2.44. The van der Waals surface area contributed by atoms with Crippen LogP contribution >= 0.6 is 11.3 Å². The minimum atomic E-state index is -3.75. The fourth-order valence-electron chi connectivity index (χ4n) is 4.32. The van der Waals surface area contributed by atoms with Crippen molar-refractivity contribution in [2.24, 2.45) is 5.14 Å². The van der Waals surface area contributed by atoms with Gasteiger partial charge >= 0.3 is 0 Å². The lowest BCUT2D eigenvalue weighted by Crippen LogP contribution is -2.62. The van der Waals surface area contributed by atoms with Gasteiger partial charge in [-0.25, -0.2) is 13.6 Å². The Labute approximate surface area is 190 Å². The number of sulfonamides is 1. The summed E-state index contributed by atoms with van der Waals surface area (Å²) >= 11 is 1.01. The van der Waals surface area contributed by atoms with Crippen LogP contribution in [0.2, 0.25) is 0 Å². The van der Waals surface area contributed by atoms with Gasteiger partial charge in [-0.3, -0.25) is 19.3 Å². The Morgan fingerprint density at radius 3 is 2.69 bits per heavy atom. The van der Waals surface area contributed by atoms with E-state index in [4.69, 9.17) is 5.14 Å². The van der Waals surface area contributed by atoms with E-state index in [0.29, 0.717) is 41.9 Å². The molecule has 1 aromatic heterocycles. The Balaban J connectivity index is 1.37. The van der Waals surface area contributed by atoms with Crippen molar-refractivity contribution in [1.29, 1.82) is 0 Å². The Bertz CT molecular complexity index is 1190. The number of hydrogen-bond donors (Lipinski definition) is 2. The number of primary sulfonamides is 1. The highest BCUT2D eigenvalue weighted by Gasteiger charge is 2.52. The van der Waals surface area contributed by atoms with Crippen LogP contribution in [0.5, 0.6) is 0 Å². The van der Waals surface area contributed by atoms with Gasteiger partial charge in [0, 0.05) is 24.3 Å². The van der Waals surface area contributed by atoms with Gasteiger partial charge in [0.15, 0.2) is 0 Å². The van der Waals surface area contributed by atoms with Crippen LogP contribution < -0.4 is 15.4 Å². The number of nitrogens with one attached hydrogen (secondary N) is 1. The number of thiophene rings is 1. The predicted octanol–water partition coefficient (Wildman–Crippen LogP) is 1.79. The predicted molar refractivity (Wildman–Crippen MR) is 119 cm³/mol. The van der Waals surface area contributed by atoms with Crippen LogP contribution in [0.15, 0.2) is 40.6 Å². The molecule has 1 saturated heterocycles. The van der Waals surface area contributed by atoms with Crippen LogP contribution in [0.25, 0.3) is 0 Å². The number of para-hydroxylation sites is 1. The molecule has 32 heavy (non-hydrogen) atoms. The molecular weight excluding hydrogens is 452 g/mol. The van der Waals surface area contributed by atoms with Crippen molar-refractivity contribution in [3.63, 3.8) is 0 Å². The lowest BCUT2D eigenvalue weighted by molar-refractivity contribution is -0.121. The molecule has 3 heterocycles. The molecule has 1 atom stereocenters. The lowest BCUT2D eigenvalue weighted by Gasteiger charge is -2.48. The molecule has 3 amide bonds. The number of nitrogens with two attached hydrogens (primary N) is 1. The van der Waals surface area contributed by atoms with E-state index in [0.717, 1.165) is 11.3 Å². The monoisotopic (exact) mass is 476 g/mol. The SMILES string of the molecule is CC12CCC(=O)N1c1ccccc1C(=O)N2CCCC(=O)NCc1ccc(S(N)(=O)=O)s1. The topological polar surface area (TPSA) is 130 Å². The summed E-state index contributed by atoms with van der Waals surface area (Å²) in [5.74, 6) is -0.349. The minimum Gasteiger partial charge on any atom is -0.351 e. The molecule has 0 aliphatic carbocycles. The van der Waals surface area contributed by atoms with E-state index in [1.807, 2.05) is 13.0 Å². The van der Waals surface area contributed by atoms with Crippen LogP contribution in [-0.2, 0) is 26.2 Å². The van der Waals surface area contributed by atoms with Gasteiger partial charge in [-0.1, -0.05) is 12.1 Å². The molecule has 170 valence electrons. The number of hydrogen-bond acceptors (Lipinski definition) is 6. The van der Waals surface area contributed by atoms with Crippen LogP contribution in [0.3, 0.4) is 0 Å². The first kappa shape index (κ1) is 22.4. The number of rotatable bonds is 7. The van der Waals surface area contributed by atoms with Crippen LogP contribution in [0.1, 0.15) is 47.8 Å². The van der Waals surface area contributed by atoms with Crippen molar-refractivity contribution in [3.8, 4) is 0 Å². The zero-order chi connectivity index (χ0) is 23.1. The first-order chi connectivity index (χ1) is 15.1. The van der Waals surface area contributed by atoms with Gasteiger partial charge in [-0.15, -0.1) is 11.3 Å². The highest BCUT2D eigenvalue weighted by Crippen LogP contribution is 2.44. The lowest BCUT2D eigenvalue weighted by atomic mass is 9.98. The first-order valence-corrected chi connectivity index (χ1v) is 12.6. The second kappa shape index (κ2) is 8.30. The van der Waals surface area contributed by atoms with Crippen molar-refractivity contribution in [1.82, 2.24) is 10.2 Å². The Kier molecular flexibility index (Phi) is 5.82. The molecule has 11 heteroatoms. The van der Waals surface area contributed by atoms with Crippen LogP contribution in [0, 0.1) is 0 Å². The van der Waals surface area contributed by atoms with Crippen molar-refractivity contribution in [2.75, 3.05) is 11.4 Å². The second-order valence-electron chi connectivity index (χ2n) is 8.07. The molecule has 4 rings (SSSR count). The molecule has 2 aromatic rings. The fourth-order valence-corrected chi connectivity index (χ4v) is 6.04. The van der Waals surface area contributed by atoms with Crippen molar-refractivity contribution in [3.05, 3.63) is 46.8 Å². The number of anilines is 1. The second-order valence-corrected chi connectivity index (χ2v) is 11.0. The van der Waals surface area contributed by atoms with Crippen molar-refractivity contribution >= 4 is 44.8 Å². The third kappa shape index (κ3) is 4.03. The Morgan fingerprint density at radius 1 is 1.22 bits per heavy atom. The van der Waals surface area contributed by atoms with Gasteiger partial charge in [-0.05, 0) is 44.0 Å². The quantitative estimate of drug-likeness (QED) is 0.629. The maximum Gasteiger partial charge on any atom is 0.257 e. The van der Waals surface area contributed by atoms with E-state index >= 15 is 0 Å². The molecule has 2 aliphatic rings. The van der Waals surface area contributed by atoms with E-state index in [2.05, 4.69) is 5.32 Å². The van der Waals surface area contributed by atoms with E-state index in [1.54, 1.807) is 34.1 Å². The first-order valence-electron chi connectivity index (χ1n) is 10.2. The summed E-state index contributed by atoms with van der Waals surface area (Å²) in [7, 11) is -3.75. The van der Waals surface area contributed by atoms with Gasteiger partial charge in [0.05, 0.1) is 17.8 Å². The molecular formula is C21H24N4O5S2. The summed E-state index contributed by atoms with van der Waals surface area (Å²) in [6.07, 6.45) is 1.55. The number of amides is 3. The van der Waals surface area contributed by atoms with Crippen LogP contribution in [-0.4, -0.2) is 43.2 Å². The largest absolute Gasteiger partial charge is 0.351 e. The molecule has 0 bridgehead atoms. The summed E-state index contributed by atoms with van der Waals surface area (Å²) < 4.78 is 22.7. The normalized spacial score (nSPS) is 20.3. The Hall–Kier alpha value is -2.76. The molecule has 3 N–H and O–H groups in total. The standard InChI is InChI=1S/C21H24N4O5S2/c1-21-11-10-18(27)25(21)16-6-3-2-5-15(16)20(28)24(21)12-4-7-17(26)23-13-14-8-9-19(31-14)32(22,29)30/h2-3,5-6,8-9H,4,7,10-13H2,1H3,(H,23,26)(H2,22,29,30). The minimum absolute atomic E-state index is 0.00926. The molecule has 2 aliphatic heterocycles. The molecule has 0 radical (unpaired) electrons. The number of fused-ring (bicyclic) bond motifs is 3. The zero-order valence-corrected chi connectivity index (χ0v) is 19.2. The maximum atomic E-state index is 13.2. The molecule has 0 saturated carbocycles. The van der Waals surface area contributed by atoms with Gasteiger partial charge in [0.1, 0.15) is 9.87 Å².